The summed E-state index contributed by atoms with van der Waals surface area (Å²) in [5, 5.41) is 13.2. The minimum Gasteiger partial charge on any atom is -0.459 e. The van der Waals surface area contributed by atoms with Crippen LogP contribution in [-0.2, 0) is 0 Å². The Morgan fingerprint density at radius 3 is 2.72 bits per heavy atom. The molecule has 0 atom stereocenters. The smallest absolute Gasteiger partial charge is 0.291 e. The zero-order chi connectivity index (χ0) is 13.1. The number of nitro groups is 1. The van der Waals surface area contributed by atoms with E-state index in [1.807, 2.05) is 22.6 Å². The lowest BCUT2D eigenvalue weighted by Gasteiger charge is -2.05. The van der Waals surface area contributed by atoms with Gasteiger partial charge in [0.2, 0.25) is 0 Å². The lowest BCUT2D eigenvalue weighted by atomic mass is 10.3. The Kier molecular flexibility index (Phi) is 3.60. The molecular weight excluding hydrogens is 351 g/mol. The number of nitrogens with one attached hydrogen (secondary N) is 1. The minimum absolute atomic E-state index is 0.0182. The molecule has 2 rings (SSSR count). The van der Waals surface area contributed by atoms with Crippen molar-refractivity contribution in [3.63, 3.8) is 0 Å². The Balaban J connectivity index is 2.20. The van der Waals surface area contributed by atoms with Crippen LogP contribution in [0.4, 0.5) is 11.4 Å². The molecule has 1 amide bonds. The van der Waals surface area contributed by atoms with Gasteiger partial charge in [0.15, 0.2) is 5.76 Å². The topological polar surface area (TPSA) is 85.4 Å². The van der Waals surface area contributed by atoms with Crippen molar-refractivity contribution in [1.29, 1.82) is 0 Å². The first-order chi connectivity index (χ1) is 8.58. The molecule has 0 spiro atoms. The van der Waals surface area contributed by atoms with E-state index < -0.39 is 10.8 Å². The molecule has 1 N–H and O–H groups in total. The van der Waals surface area contributed by atoms with E-state index in [0.29, 0.717) is 9.26 Å². The molecule has 0 aliphatic carbocycles. The van der Waals surface area contributed by atoms with Gasteiger partial charge in [0.05, 0.1) is 16.9 Å². The van der Waals surface area contributed by atoms with Crippen LogP contribution in [-0.4, -0.2) is 10.8 Å². The maximum absolute atomic E-state index is 11.7. The van der Waals surface area contributed by atoms with E-state index in [9.17, 15) is 14.9 Å². The fourth-order valence-corrected chi connectivity index (χ4v) is 1.94. The van der Waals surface area contributed by atoms with Crippen LogP contribution in [0, 0.1) is 13.7 Å². The Morgan fingerprint density at radius 2 is 2.17 bits per heavy atom. The second kappa shape index (κ2) is 5.17. The predicted molar refractivity (Wildman–Crippen MR) is 72.5 cm³/mol. The summed E-state index contributed by atoms with van der Waals surface area (Å²) < 4.78 is 5.53. The van der Waals surface area contributed by atoms with Gasteiger partial charge in [-0.2, -0.15) is 0 Å². The van der Waals surface area contributed by atoms with E-state index in [0.717, 1.165) is 0 Å². The number of halogens is 1. The van der Waals surface area contributed by atoms with Gasteiger partial charge in [-0.05, 0) is 40.8 Å². The molecule has 92 valence electrons. The van der Waals surface area contributed by atoms with Gasteiger partial charge in [-0.3, -0.25) is 14.9 Å². The van der Waals surface area contributed by atoms with Crippen molar-refractivity contribution in [1.82, 2.24) is 0 Å². The van der Waals surface area contributed by atoms with Crippen molar-refractivity contribution >= 4 is 39.9 Å². The van der Waals surface area contributed by atoms with Crippen LogP contribution in [0.2, 0.25) is 0 Å². The summed E-state index contributed by atoms with van der Waals surface area (Å²) in [7, 11) is 0. The summed E-state index contributed by atoms with van der Waals surface area (Å²) >= 11 is 1.92. The van der Waals surface area contributed by atoms with Crippen LogP contribution in [0.5, 0.6) is 0 Å². The second-order valence-electron chi connectivity index (χ2n) is 3.35. The van der Waals surface area contributed by atoms with Crippen molar-refractivity contribution in [2.75, 3.05) is 5.32 Å². The van der Waals surface area contributed by atoms with E-state index in [1.165, 1.54) is 30.5 Å². The van der Waals surface area contributed by atoms with Crippen LogP contribution in [0.15, 0.2) is 41.0 Å². The SMILES string of the molecule is O=C(Nc1ccc([N+](=O)[O-])cc1I)c1ccco1. The van der Waals surface area contributed by atoms with E-state index in [4.69, 9.17) is 4.42 Å². The fraction of sp³-hybridized carbons (Fsp3) is 0. The highest BCUT2D eigenvalue weighted by Gasteiger charge is 2.13. The van der Waals surface area contributed by atoms with Crippen LogP contribution in [0.3, 0.4) is 0 Å². The van der Waals surface area contributed by atoms with Gasteiger partial charge in [0.25, 0.3) is 11.6 Å². The number of carbonyl (C=O) groups excluding carboxylic acids is 1. The molecule has 0 saturated heterocycles. The summed E-state index contributed by atoms with van der Waals surface area (Å²) in [6.45, 7) is 0. The second-order valence-corrected chi connectivity index (χ2v) is 4.51. The third-order valence-electron chi connectivity index (χ3n) is 2.16. The highest BCUT2D eigenvalue weighted by atomic mass is 127. The molecule has 2 aromatic rings. The molecule has 0 bridgehead atoms. The fourth-order valence-electron chi connectivity index (χ4n) is 1.31. The zero-order valence-electron chi connectivity index (χ0n) is 8.92. The number of carbonyl (C=O) groups is 1. The van der Waals surface area contributed by atoms with E-state index in [1.54, 1.807) is 6.07 Å². The van der Waals surface area contributed by atoms with Gasteiger partial charge < -0.3 is 9.73 Å². The molecule has 0 unspecified atom stereocenters. The number of nitro benzene ring substituents is 1. The van der Waals surface area contributed by atoms with E-state index in [-0.39, 0.29) is 11.4 Å². The number of benzene rings is 1. The first kappa shape index (κ1) is 12.6. The maximum Gasteiger partial charge on any atom is 0.291 e. The molecule has 0 aliphatic heterocycles. The van der Waals surface area contributed by atoms with E-state index >= 15 is 0 Å². The highest BCUT2D eigenvalue weighted by Crippen LogP contribution is 2.24. The Bertz CT molecular complexity index is 595. The van der Waals surface area contributed by atoms with Crippen molar-refractivity contribution in [3.8, 4) is 0 Å². The summed E-state index contributed by atoms with van der Waals surface area (Å²) in [4.78, 5) is 21.8. The number of rotatable bonds is 3. The molecule has 1 aromatic carbocycles. The molecule has 18 heavy (non-hydrogen) atoms. The summed E-state index contributed by atoms with van der Waals surface area (Å²) in [6.07, 6.45) is 1.40. The quantitative estimate of drug-likeness (QED) is 0.519. The molecule has 6 nitrogen and oxygen atoms in total. The summed E-state index contributed by atoms with van der Waals surface area (Å²) in [5.74, 6) is -0.212. The van der Waals surface area contributed by atoms with Crippen LogP contribution in [0.25, 0.3) is 0 Å². The monoisotopic (exact) mass is 358 g/mol. The number of anilines is 1. The largest absolute Gasteiger partial charge is 0.459 e. The lowest BCUT2D eigenvalue weighted by Crippen LogP contribution is -2.11. The Labute approximate surface area is 115 Å². The first-order valence-electron chi connectivity index (χ1n) is 4.87. The highest BCUT2D eigenvalue weighted by molar-refractivity contribution is 14.1. The molecule has 0 saturated carbocycles. The Morgan fingerprint density at radius 1 is 1.39 bits per heavy atom. The van der Waals surface area contributed by atoms with Gasteiger partial charge in [-0.15, -0.1) is 0 Å². The van der Waals surface area contributed by atoms with Crippen LogP contribution < -0.4 is 5.32 Å². The molecule has 0 aliphatic rings. The molecular formula is C11H7IN2O4. The number of nitrogens with zero attached hydrogens (tertiary/aromatic N) is 1. The van der Waals surface area contributed by atoms with Gasteiger partial charge in [-0.1, -0.05) is 0 Å². The number of furan rings is 1. The number of hydrogen-bond donors (Lipinski definition) is 1. The third kappa shape index (κ3) is 2.67. The Hall–Kier alpha value is -1.90. The number of hydrogen-bond acceptors (Lipinski definition) is 4. The van der Waals surface area contributed by atoms with Gasteiger partial charge in [-0.25, -0.2) is 0 Å². The standard InChI is InChI=1S/C11H7IN2O4/c12-8-6-7(14(16)17)3-4-9(8)13-11(15)10-2-1-5-18-10/h1-6H,(H,13,15). The van der Waals surface area contributed by atoms with Crippen molar-refractivity contribution in [2.24, 2.45) is 0 Å². The summed E-state index contributed by atoms with van der Waals surface area (Å²) in [6, 6.07) is 7.35. The molecule has 1 aromatic heterocycles. The van der Waals surface area contributed by atoms with Crippen LogP contribution >= 0.6 is 22.6 Å². The molecule has 7 heteroatoms. The average molecular weight is 358 g/mol. The number of non-ortho nitro benzene ring substituents is 1. The zero-order valence-corrected chi connectivity index (χ0v) is 11.1. The first-order valence-corrected chi connectivity index (χ1v) is 5.94. The molecule has 0 fully saturated rings. The molecule has 1 heterocycles. The normalized spacial score (nSPS) is 10.1. The van der Waals surface area contributed by atoms with Gasteiger partial charge >= 0.3 is 0 Å². The van der Waals surface area contributed by atoms with Crippen molar-refractivity contribution in [3.05, 3.63) is 56.0 Å². The third-order valence-corrected chi connectivity index (χ3v) is 3.05. The van der Waals surface area contributed by atoms with Gasteiger partial charge in [0.1, 0.15) is 0 Å². The summed E-state index contributed by atoms with van der Waals surface area (Å²) in [5.41, 5.74) is 0.484. The van der Waals surface area contributed by atoms with Crippen molar-refractivity contribution < 1.29 is 14.1 Å². The van der Waals surface area contributed by atoms with Crippen molar-refractivity contribution in [2.45, 2.75) is 0 Å². The lowest BCUT2D eigenvalue weighted by molar-refractivity contribution is -0.384. The van der Waals surface area contributed by atoms with Crippen LogP contribution in [0.1, 0.15) is 10.6 Å². The molecule has 0 radical (unpaired) electrons. The predicted octanol–water partition coefficient (Wildman–Crippen LogP) is 3.04. The average Bonchev–Trinajstić information content (AvgIpc) is 2.85. The minimum atomic E-state index is -0.486. The maximum atomic E-state index is 11.7. The van der Waals surface area contributed by atoms with Gasteiger partial charge in [0, 0.05) is 15.7 Å². The van der Waals surface area contributed by atoms with E-state index in [2.05, 4.69) is 5.32 Å². The number of amides is 1.